The third-order valence-corrected chi connectivity index (χ3v) is 4.48. The monoisotopic (exact) mass is 208 g/mol. The highest BCUT2D eigenvalue weighted by Gasteiger charge is 2.42. The molecule has 0 aromatic carbocycles. The van der Waals surface area contributed by atoms with E-state index in [-0.39, 0.29) is 0 Å². The van der Waals surface area contributed by atoms with Crippen LogP contribution in [-0.4, -0.2) is 42.5 Å². The predicted molar refractivity (Wildman–Crippen MR) is 64.8 cm³/mol. The highest BCUT2D eigenvalue weighted by atomic mass is 15.2. The lowest BCUT2D eigenvalue weighted by molar-refractivity contribution is 0.108. The van der Waals surface area contributed by atoms with E-state index in [4.69, 9.17) is 0 Å². The van der Waals surface area contributed by atoms with Gasteiger partial charge in [0, 0.05) is 30.7 Å². The zero-order chi connectivity index (χ0) is 11.1. The van der Waals surface area contributed by atoms with E-state index in [2.05, 4.69) is 37.3 Å². The zero-order valence-corrected chi connectivity index (χ0v) is 10.4. The summed E-state index contributed by atoms with van der Waals surface area (Å²) < 4.78 is 0. The van der Waals surface area contributed by atoms with Gasteiger partial charge in [0.1, 0.15) is 0 Å². The van der Waals surface area contributed by atoms with Gasteiger partial charge in [0.25, 0.3) is 0 Å². The lowest BCUT2D eigenvalue weighted by atomic mass is 9.75. The Morgan fingerprint density at radius 1 is 1.13 bits per heavy atom. The molecule has 0 aromatic rings. The number of nitrogens with zero attached hydrogens (tertiary/aromatic N) is 2. The fourth-order valence-electron chi connectivity index (χ4n) is 3.07. The van der Waals surface area contributed by atoms with E-state index in [0.29, 0.717) is 11.5 Å². The first-order valence-electron chi connectivity index (χ1n) is 6.20. The van der Waals surface area contributed by atoms with Crippen molar-refractivity contribution < 1.29 is 0 Å². The Hall–Kier alpha value is -0.500. The summed E-state index contributed by atoms with van der Waals surface area (Å²) in [5, 5.41) is 0. The highest BCUT2D eigenvalue weighted by molar-refractivity contribution is 5.16. The van der Waals surface area contributed by atoms with E-state index in [0.717, 1.165) is 0 Å². The van der Waals surface area contributed by atoms with Crippen LogP contribution >= 0.6 is 0 Å². The molecular weight excluding hydrogens is 184 g/mol. The van der Waals surface area contributed by atoms with Crippen molar-refractivity contribution in [2.45, 2.75) is 39.2 Å². The van der Waals surface area contributed by atoms with Crippen LogP contribution in [0.2, 0.25) is 0 Å². The average molecular weight is 208 g/mol. The lowest BCUT2D eigenvalue weighted by Gasteiger charge is -2.41. The van der Waals surface area contributed by atoms with Gasteiger partial charge in [-0.2, -0.15) is 0 Å². The van der Waals surface area contributed by atoms with Gasteiger partial charge >= 0.3 is 0 Å². The van der Waals surface area contributed by atoms with Gasteiger partial charge in [-0.3, -0.25) is 0 Å². The molecule has 0 aromatic heterocycles. The summed E-state index contributed by atoms with van der Waals surface area (Å²) in [5.74, 6) is 0. The maximum Gasteiger partial charge on any atom is 0.0180 e. The van der Waals surface area contributed by atoms with Gasteiger partial charge in [-0.25, -0.2) is 0 Å². The molecule has 0 amide bonds. The van der Waals surface area contributed by atoms with Crippen LogP contribution in [0.1, 0.15) is 33.1 Å². The van der Waals surface area contributed by atoms with Crippen LogP contribution in [0.5, 0.6) is 0 Å². The SMILES string of the molecule is C=C1N(C)CCC12CCN(C(C)C)CC2. The molecule has 0 atom stereocenters. The second-order valence-electron chi connectivity index (χ2n) is 5.53. The maximum absolute atomic E-state index is 4.29. The fraction of sp³-hybridized carbons (Fsp3) is 0.846. The van der Waals surface area contributed by atoms with Gasteiger partial charge in [-0.05, 0) is 46.2 Å². The maximum atomic E-state index is 4.29. The van der Waals surface area contributed by atoms with E-state index in [1.165, 1.54) is 44.6 Å². The van der Waals surface area contributed by atoms with E-state index >= 15 is 0 Å². The Bertz CT molecular complexity index is 249. The van der Waals surface area contributed by atoms with Crippen molar-refractivity contribution in [3.63, 3.8) is 0 Å². The fourth-order valence-corrected chi connectivity index (χ4v) is 3.07. The topological polar surface area (TPSA) is 6.48 Å². The molecule has 0 N–H and O–H groups in total. The second-order valence-corrected chi connectivity index (χ2v) is 5.53. The largest absolute Gasteiger partial charge is 0.378 e. The number of rotatable bonds is 1. The van der Waals surface area contributed by atoms with Crippen LogP contribution in [0.3, 0.4) is 0 Å². The summed E-state index contributed by atoms with van der Waals surface area (Å²) in [6.07, 6.45) is 3.96. The molecule has 0 bridgehead atoms. The van der Waals surface area contributed by atoms with Crippen molar-refractivity contribution in [2.24, 2.45) is 5.41 Å². The first-order valence-corrected chi connectivity index (χ1v) is 6.20. The smallest absolute Gasteiger partial charge is 0.0180 e. The molecule has 2 saturated heterocycles. The highest BCUT2D eigenvalue weighted by Crippen LogP contribution is 2.46. The van der Waals surface area contributed by atoms with Gasteiger partial charge in [0.2, 0.25) is 0 Å². The molecule has 0 saturated carbocycles. The average Bonchev–Trinajstić information content (AvgIpc) is 2.48. The molecular formula is C13H24N2. The molecule has 2 fully saturated rings. The van der Waals surface area contributed by atoms with E-state index < -0.39 is 0 Å². The van der Waals surface area contributed by atoms with Gasteiger partial charge in [0.05, 0.1) is 0 Å². The van der Waals surface area contributed by atoms with Crippen molar-refractivity contribution in [3.8, 4) is 0 Å². The van der Waals surface area contributed by atoms with Gasteiger partial charge < -0.3 is 9.80 Å². The minimum absolute atomic E-state index is 0.458. The number of hydrogen-bond acceptors (Lipinski definition) is 2. The number of allylic oxidation sites excluding steroid dienone is 1. The van der Waals surface area contributed by atoms with Crippen molar-refractivity contribution in [3.05, 3.63) is 12.3 Å². The predicted octanol–water partition coefficient (Wildman–Crippen LogP) is 2.33. The first kappa shape index (κ1) is 11.0. The molecule has 2 rings (SSSR count). The standard InChI is InChI=1S/C13H24N2/c1-11(2)15-9-6-13(7-10-15)5-8-14(4)12(13)3/h11H,3,5-10H2,1-2,4H3. The quantitative estimate of drug-likeness (QED) is 0.652. The Labute approximate surface area is 93.9 Å². The van der Waals surface area contributed by atoms with Gasteiger partial charge in [-0.1, -0.05) is 6.58 Å². The van der Waals surface area contributed by atoms with Crippen LogP contribution in [0.15, 0.2) is 12.3 Å². The van der Waals surface area contributed by atoms with Gasteiger partial charge in [-0.15, -0.1) is 0 Å². The molecule has 2 heteroatoms. The third kappa shape index (κ3) is 1.80. The van der Waals surface area contributed by atoms with E-state index in [9.17, 15) is 0 Å². The Morgan fingerprint density at radius 3 is 2.07 bits per heavy atom. The molecule has 0 aliphatic carbocycles. The summed E-state index contributed by atoms with van der Waals surface area (Å²) in [7, 11) is 2.19. The zero-order valence-electron chi connectivity index (χ0n) is 10.4. The van der Waals surface area contributed by atoms with Crippen molar-refractivity contribution in [1.29, 1.82) is 0 Å². The van der Waals surface area contributed by atoms with E-state index in [1.54, 1.807) is 0 Å². The molecule has 2 heterocycles. The van der Waals surface area contributed by atoms with E-state index in [1.807, 2.05) is 0 Å². The number of hydrogen-bond donors (Lipinski definition) is 0. The van der Waals surface area contributed by atoms with Crippen molar-refractivity contribution in [2.75, 3.05) is 26.7 Å². The molecule has 0 radical (unpaired) electrons. The third-order valence-electron chi connectivity index (χ3n) is 4.48. The Kier molecular flexibility index (Phi) is 2.80. The Balaban J connectivity index is 2.01. The van der Waals surface area contributed by atoms with Gasteiger partial charge in [0.15, 0.2) is 0 Å². The molecule has 86 valence electrons. The molecule has 2 nitrogen and oxygen atoms in total. The lowest BCUT2D eigenvalue weighted by Crippen LogP contribution is -2.43. The molecule has 2 aliphatic rings. The van der Waals surface area contributed by atoms with Crippen LogP contribution in [0.25, 0.3) is 0 Å². The summed E-state index contributed by atoms with van der Waals surface area (Å²) in [6, 6.07) is 0.703. The summed E-state index contributed by atoms with van der Waals surface area (Å²) in [4.78, 5) is 4.95. The summed E-state index contributed by atoms with van der Waals surface area (Å²) in [5.41, 5.74) is 1.85. The van der Waals surface area contributed by atoms with Crippen LogP contribution in [0, 0.1) is 5.41 Å². The Morgan fingerprint density at radius 2 is 1.67 bits per heavy atom. The number of likely N-dealkylation sites (tertiary alicyclic amines) is 2. The minimum atomic E-state index is 0.458. The summed E-state index contributed by atoms with van der Waals surface area (Å²) in [6.45, 7) is 12.6. The normalized spacial score (nSPS) is 26.9. The molecule has 2 aliphatic heterocycles. The molecule has 0 unspecified atom stereocenters. The molecule has 15 heavy (non-hydrogen) atoms. The second kappa shape index (κ2) is 3.82. The molecule has 1 spiro atoms. The first-order chi connectivity index (χ1) is 7.05. The van der Waals surface area contributed by atoms with Crippen molar-refractivity contribution >= 4 is 0 Å². The van der Waals surface area contributed by atoms with Crippen molar-refractivity contribution in [1.82, 2.24) is 9.80 Å². The van der Waals surface area contributed by atoms with Crippen LogP contribution < -0.4 is 0 Å². The summed E-state index contributed by atoms with van der Waals surface area (Å²) >= 11 is 0. The van der Waals surface area contributed by atoms with Crippen LogP contribution in [0.4, 0.5) is 0 Å². The van der Waals surface area contributed by atoms with Crippen LogP contribution in [-0.2, 0) is 0 Å². The number of piperidine rings is 1. The minimum Gasteiger partial charge on any atom is -0.378 e.